The van der Waals surface area contributed by atoms with Crippen LogP contribution in [-0.2, 0) is 6.61 Å². The van der Waals surface area contributed by atoms with Gasteiger partial charge < -0.3 is 15.0 Å². The van der Waals surface area contributed by atoms with E-state index in [0.717, 1.165) is 33.2 Å². The number of carbonyl (C=O) groups excluding carboxylic acids is 1. The van der Waals surface area contributed by atoms with Gasteiger partial charge in [0, 0.05) is 17.5 Å². The van der Waals surface area contributed by atoms with Crippen molar-refractivity contribution < 1.29 is 9.53 Å². The van der Waals surface area contributed by atoms with Crippen LogP contribution in [0.1, 0.15) is 28.1 Å². The van der Waals surface area contributed by atoms with Crippen molar-refractivity contribution in [1.82, 2.24) is 10.2 Å². The molecule has 1 unspecified atom stereocenters. The van der Waals surface area contributed by atoms with Crippen LogP contribution in [0.15, 0.2) is 66.7 Å². The highest BCUT2D eigenvalue weighted by Crippen LogP contribution is 2.32. The Bertz CT molecular complexity index is 1010. The Morgan fingerprint density at radius 3 is 2.63 bits per heavy atom. The highest BCUT2D eigenvalue weighted by Gasteiger charge is 2.35. The van der Waals surface area contributed by atoms with Crippen molar-refractivity contribution >= 4 is 17.2 Å². The standard InChI is InChI=1S/C25H26N2O2S/c28-25(26-22-16-27-13-11-19(22)12-14-27)24-10-9-23(30-24)20-7-4-8-21(15-20)29-17-18-5-2-1-3-6-18/h1-10,15,19,22H,11-14,16-17H2,(H,26,28). The number of nitrogens with zero attached hydrogens (tertiary/aromatic N) is 1. The molecule has 3 fully saturated rings. The fraction of sp³-hybridized carbons (Fsp3) is 0.320. The lowest BCUT2D eigenvalue weighted by Gasteiger charge is -2.44. The fourth-order valence-electron chi connectivity index (χ4n) is 4.46. The minimum Gasteiger partial charge on any atom is -0.489 e. The summed E-state index contributed by atoms with van der Waals surface area (Å²) < 4.78 is 5.96. The second-order valence-electron chi connectivity index (χ2n) is 8.18. The van der Waals surface area contributed by atoms with Gasteiger partial charge in [0.25, 0.3) is 5.91 Å². The molecule has 0 saturated carbocycles. The number of carbonyl (C=O) groups is 1. The fourth-order valence-corrected chi connectivity index (χ4v) is 5.37. The molecule has 6 rings (SSSR count). The molecule has 1 amide bonds. The quantitative estimate of drug-likeness (QED) is 0.624. The van der Waals surface area contributed by atoms with Crippen LogP contribution in [0.4, 0.5) is 0 Å². The average Bonchev–Trinajstić information content (AvgIpc) is 3.30. The molecule has 1 aromatic heterocycles. The van der Waals surface area contributed by atoms with Crippen molar-refractivity contribution in [2.75, 3.05) is 19.6 Å². The smallest absolute Gasteiger partial charge is 0.261 e. The lowest BCUT2D eigenvalue weighted by Crippen LogP contribution is -2.57. The number of hydrogen-bond acceptors (Lipinski definition) is 4. The summed E-state index contributed by atoms with van der Waals surface area (Å²) in [5, 5.41) is 3.29. The van der Waals surface area contributed by atoms with Crippen molar-refractivity contribution in [3.63, 3.8) is 0 Å². The van der Waals surface area contributed by atoms with E-state index in [2.05, 4.69) is 28.4 Å². The first-order chi connectivity index (χ1) is 14.7. The van der Waals surface area contributed by atoms with Gasteiger partial charge in [-0.05, 0) is 67.2 Å². The Labute approximate surface area is 181 Å². The van der Waals surface area contributed by atoms with Crippen LogP contribution in [0.2, 0.25) is 0 Å². The largest absolute Gasteiger partial charge is 0.489 e. The zero-order valence-electron chi connectivity index (χ0n) is 16.9. The molecule has 2 bridgehead atoms. The summed E-state index contributed by atoms with van der Waals surface area (Å²) in [7, 11) is 0. The van der Waals surface area contributed by atoms with Crippen LogP contribution in [0.25, 0.3) is 10.4 Å². The van der Waals surface area contributed by atoms with Gasteiger partial charge in [0.15, 0.2) is 0 Å². The summed E-state index contributed by atoms with van der Waals surface area (Å²) in [5.74, 6) is 1.53. The van der Waals surface area contributed by atoms with Crippen molar-refractivity contribution in [1.29, 1.82) is 0 Å². The summed E-state index contributed by atoms with van der Waals surface area (Å²) in [5.41, 5.74) is 2.22. The molecule has 3 saturated heterocycles. The Morgan fingerprint density at radius 1 is 1.03 bits per heavy atom. The number of benzene rings is 2. The third kappa shape index (κ3) is 4.27. The van der Waals surface area contributed by atoms with Gasteiger partial charge in [-0.3, -0.25) is 4.79 Å². The molecule has 1 N–H and O–H groups in total. The number of ether oxygens (including phenoxy) is 1. The van der Waals surface area contributed by atoms with Gasteiger partial charge in [-0.1, -0.05) is 42.5 Å². The monoisotopic (exact) mass is 418 g/mol. The summed E-state index contributed by atoms with van der Waals surface area (Å²) in [6.45, 7) is 3.91. The van der Waals surface area contributed by atoms with Crippen LogP contribution in [0, 0.1) is 5.92 Å². The molecular weight excluding hydrogens is 392 g/mol. The first-order valence-electron chi connectivity index (χ1n) is 10.6. The van der Waals surface area contributed by atoms with E-state index in [4.69, 9.17) is 4.74 Å². The molecule has 3 aliphatic rings. The van der Waals surface area contributed by atoms with E-state index in [1.54, 1.807) is 11.3 Å². The number of piperidine rings is 3. The Kier molecular flexibility index (Phi) is 5.56. The first kappa shape index (κ1) is 19.3. The van der Waals surface area contributed by atoms with Crippen molar-refractivity contribution in [2.24, 2.45) is 5.92 Å². The van der Waals surface area contributed by atoms with Crippen LogP contribution in [-0.4, -0.2) is 36.5 Å². The number of rotatable bonds is 6. The maximum atomic E-state index is 12.8. The Balaban J connectivity index is 1.24. The number of hydrogen-bond donors (Lipinski definition) is 1. The van der Waals surface area contributed by atoms with Crippen molar-refractivity contribution in [3.05, 3.63) is 77.2 Å². The molecule has 30 heavy (non-hydrogen) atoms. The minimum absolute atomic E-state index is 0.0569. The number of amides is 1. The van der Waals surface area contributed by atoms with Gasteiger partial charge in [0.2, 0.25) is 0 Å². The number of fused-ring (bicyclic) bond motifs is 3. The molecule has 3 aromatic rings. The Morgan fingerprint density at radius 2 is 1.87 bits per heavy atom. The average molecular weight is 419 g/mol. The van der Waals surface area contributed by atoms with E-state index in [1.807, 2.05) is 48.5 Å². The molecule has 4 nitrogen and oxygen atoms in total. The van der Waals surface area contributed by atoms with E-state index in [-0.39, 0.29) is 5.91 Å². The predicted molar refractivity (Wildman–Crippen MR) is 121 cm³/mol. The highest BCUT2D eigenvalue weighted by molar-refractivity contribution is 7.17. The second kappa shape index (κ2) is 8.62. The van der Waals surface area contributed by atoms with Crippen LogP contribution >= 0.6 is 11.3 Å². The highest BCUT2D eigenvalue weighted by atomic mass is 32.1. The molecule has 5 heteroatoms. The van der Waals surface area contributed by atoms with Gasteiger partial charge in [-0.25, -0.2) is 0 Å². The number of nitrogens with one attached hydrogen (secondary N) is 1. The normalized spacial score (nSPS) is 22.6. The third-order valence-electron chi connectivity index (χ3n) is 6.17. The molecular formula is C25H26N2O2S. The topological polar surface area (TPSA) is 41.6 Å². The van der Waals surface area contributed by atoms with Gasteiger partial charge in [-0.15, -0.1) is 11.3 Å². The minimum atomic E-state index is 0.0569. The SMILES string of the molecule is O=C(NC1CN2CCC1CC2)c1ccc(-c2cccc(OCc3ccccc3)c2)s1. The van der Waals surface area contributed by atoms with Crippen molar-refractivity contribution in [3.8, 4) is 16.2 Å². The van der Waals surface area contributed by atoms with Crippen LogP contribution in [0.5, 0.6) is 5.75 Å². The molecule has 1 atom stereocenters. The molecule has 2 aromatic carbocycles. The van der Waals surface area contributed by atoms with Crippen LogP contribution < -0.4 is 10.1 Å². The summed E-state index contributed by atoms with van der Waals surface area (Å²) in [4.78, 5) is 17.1. The summed E-state index contributed by atoms with van der Waals surface area (Å²) in [6, 6.07) is 22.5. The van der Waals surface area contributed by atoms with E-state index >= 15 is 0 Å². The van der Waals surface area contributed by atoms with E-state index in [1.165, 1.54) is 25.9 Å². The zero-order chi connectivity index (χ0) is 20.3. The maximum absolute atomic E-state index is 12.8. The summed E-state index contributed by atoms with van der Waals surface area (Å²) >= 11 is 1.54. The molecule has 3 aliphatic heterocycles. The Hall–Kier alpha value is -2.63. The lowest BCUT2D eigenvalue weighted by atomic mass is 9.84. The van der Waals surface area contributed by atoms with Gasteiger partial charge in [-0.2, -0.15) is 0 Å². The van der Waals surface area contributed by atoms with Crippen molar-refractivity contribution in [2.45, 2.75) is 25.5 Å². The molecule has 0 aliphatic carbocycles. The van der Waals surface area contributed by atoms with Gasteiger partial charge >= 0.3 is 0 Å². The van der Waals surface area contributed by atoms with E-state index in [0.29, 0.717) is 18.6 Å². The molecule has 0 spiro atoms. The summed E-state index contributed by atoms with van der Waals surface area (Å²) in [6.07, 6.45) is 2.41. The second-order valence-corrected chi connectivity index (χ2v) is 9.27. The first-order valence-corrected chi connectivity index (χ1v) is 11.5. The predicted octanol–water partition coefficient (Wildman–Crippen LogP) is 4.82. The lowest BCUT2D eigenvalue weighted by molar-refractivity contribution is 0.0622. The van der Waals surface area contributed by atoms with Gasteiger partial charge in [0.05, 0.1) is 4.88 Å². The number of thiophene rings is 1. The van der Waals surface area contributed by atoms with Crippen LogP contribution in [0.3, 0.4) is 0 Å². The van der Waals surface area contributed by atoms with E-state index < -0.39 is 0 Å². The molecule has 0 radical (unpaired) electrons. The zero-order valence-corrected chi connectivity index (χ0v) is 17.7. The third-order valence-corrected chi connectivity index (χ3v) is 7.30. The molecule has 154 valence electrons. The van der Waals surface area contributed by atoms with E-state index in [9.17, 15) is 4.79 Å². The van der Waals surface area contributed by atoms with Gasteiger partial charge in [0.1, 0.15) is 12.4 Å². The molecule has 4 heterocycles. The maximum Gasteiger partial charge on any atom is 0.261 e.